The zero-order chi connectivity index (χ0) is 23.8. The molecule has 4 rings (SSSR count). The number of nitrogens with zero attached hydrogens (tertiary/aromatic N) is 1. The standard InChI is InChI=1S/C23H19F4N3O2S/c24-17-4-2-1-3-14(17)11-30-10-9-16-18(12-30)33-22(19(16)20(28)31)29-21(32)13-5-7-15(8-6-13)23(25,26)27/h1-8H,9-12H2,(H2,28,31)(H,29,32). The Morgan fingerprint density at radius 1 is 1.09 bits per heavy atom. The van der Waals surface area contributed by atoms with Crippen molar-refractivity contribution < 1.29 is 27.2 Å². The Balaban J connectivity index is 1.54. The first-order valence-corrected chi connectivity index (χ1v) is 10.8. The predicted octanol–water partition coefficient (Wildman–Crippen LogP) is 4.82. The third-order valence-electron chi connectivity index (χ3n) is 5.44. The number of hydrogen-bond donors (Lipinski definition) is 2. The smallest absolute Gasteiger partial charge is 0.365 e. The second kappa shape index (κ2) is 8.95. The van der Waals surface area contributed by atoms with E-state index in [2.05, 4.69) is 5.32 Å². The van der Waals surface area contributed by atoms with Crippen molar-refractivity contribution in [1.29, 1.82) is 0 Å². The second-order valence-corrected chi connectivity index (χ2v) is 8.76. The number of halogens is 4. The Bertz CT molecular complexity index is 1210. The van der Waals surface area contributed by atoms with Gasteiger partial charge in [-0.15, -0.1) is 11.3 Å². The number of amides is 2. The number of fused-ring (bicyclic) bond motifs is 1. The summed E-state index contributed by atoms with van der Waals surface area (Å²) in [4.78, 5) is 27.6. The molecule has 0 aliphatic carbocycles. The van der Waals surface area contributed by atoms with E-state index >= 15 is 0 Å². The van der Waals surface area contributed by atoms with Gasteiger partial charge in [-0.05, 0) is 42.3 Å². The average molecular weight is 477 g/mol. The van der Waals surface area contributed by atoms with Gasteiger partial charge in [0, 0.05) is 35.6 Å². The lowest BCUT2D eigenvalue weighted by atomic mass is 10.0. The lowest BCUT2D eigenvalue weighted by Gasteiger charge is -2.27. The molecule has 0 unspecified atom stereocenters. The number of thiophene rings is 1. The Hall–Kier alpha value is -3.24. The number of anilines is 1. The second-order valence-electron chi connectivity index (χ2n) is 7.65. The van der Waals surface area contributed by atoms with Crippen LogP contribution >= 0.6 is 11.3 Å². The maximum absolute atomic E-state index is 14.0. The number of rotatable bonds is 5. The molecule has 1 aliphatic heterocycles. The first-order chi connectivity index (χ1) is 15.6. The van der Waals surface area contributed by atoms with Crippen molar-refractivity contribution in [2.45, 2.75) is 25.7 Å². The van der Waals surface area contributed by atoms with Crippen molar-refractivity contribution in [3.8, 4) is 0 Å². The van der Waals surface area contributed by atoms with Gasteiger partial charge in [0.1, 0.15) is 10.8 Å². The van der Waals surface area contributed by atoms with Crippen LogP contribution in [-0.4, -0.2) is 23.3 Å². The van der Waals surface area contributed by atoms with Crippen LogP contribution in [0.4, 0.5) is 22.6 Å². The van der Waals surface area contributed by atoms with Gasteiger partial charge in [-0.1, -0.05) is 18.2 Å². The number of nitrogens with two attached hydrogens (primary N) is 1. The molecule has 2 amide bonds. The van der Waals surface area contributed by atoms with Gasteiger partial charge in [-0.25, -0.2) is 4.39 Å². The van der Waals surface area contributed by atoms with E-state index in [0.29, 0.717) is 31.6 Å². The molecule has 0 saturated carbocycles. The maximum atomic E-state index is 14.0. The summed E-state index contributed by atoms with van der Waals surface area (Å²) < 4.78 is 52.3. The molecule has 33 heavy (non-hydrogen) atoms. The van der Waals surface area contributed by atoms with Crippen LogP contribution in [0, 0.1) is 5.82 Å². The molecule has 2 heterocycles. The minimum atomic E-state index is -4.50. The predicted molar refractivity (Wildman–Crippen MR) is 116 cm³/mol. The molecule has 1 aliphatic rings. The highest BCUT2D eigenvalue weighted by Gasteiger charge is 2.31. The van der Waals surface area contributed by atoms with E-state index in [4.69, 9.17) is 5.73 Å². The highest BCUT2D eigenvalue weighted by atomic mass is 32.1. The van der Waals surface area contributed by atoms with Crippen LogP contribution in [0.1, 0.15) is 42.3 Å². The van der Waals surface area contributed by atoms with E-state index in [1.807, 2.05) is 4.90 Å². The van der Waals surface area contributed by atoms with Crippen molar-refractivity contribution >= 4 is 28.2 Å². The van der Waals surface area contributed by atoms with Gasteiger partial charge in [-0.3, -0.25) is 14.5 Å². The largest absolute Gasteiger partial charge is 0.416 e. The van der Waals surface area contributed by atoms with Crippen LogP contribution in [0.15, 0.2) is 48.5 Å². The van der Waals surface area contributed by atoms with Crippen molar-refractivity contribution in [1.82, 2.24) is 4.90 Å². The molecule has 3 N–H and O–H groups in total. The molecule has 3 aromatic rings. The van der Waals surface area contributed by atoms with Crippen molar-refractivity contribution in [3.05, 3.63) is 87.0 Å². The van der Waals surface area contributed by atoms with E-state index in [1.54, 1.807) is 18.2 Å². The number of benzene rings is 2. The molecule has 0 radical (unpaired) electrons. The SMILES string of the molecule is NC(=O)c1c(NC(=O)c2ccc(C(F)(F)F)cc2)sc2c1CCN(Cc1ccccc1F)C2. The molecule has 0 atom stereocenters. The van der Waals surface area contributed by atoms with Gasteiger partial charge in [0.2, 0.25) is 0 Å². The number of primary amides is 1. The van der Waals surface area contributed by atoms with Crippen LogP contribution in [0.5, 0.6) is 0 Å². The normalized spacial score (nSPS) is 14.1. The Kier molecular flexibility index (Phi) is 6.22. The molecule has 0 saturated heterocycles. The first kappa shape index (κ1) is 22.9. The fraction of sp³-hybridized carbons (Fsp3) is 0.217. The van der Waals surface area contributed by atoms with E-state index in [1.165, 1.54) is 17.4 Å². The summed E-state index contributed by atoms with van der Waals surface area (Å²) in [6, 6.07) is 10.3. The Labute approximate surface area is 190 Å². The van der Waals surface area contributed by atoms with Crippen LogP contribution < -0.4 is 11.1 Å². The third-order valence-corrected chi connectivity index (χ3v) is 6.57. The van der Waals surface area contributed by atoms with E-state index in [9.17, 15) is 27.2 Å². The van der Waals surface area contributed by atoms with Crippen LogP contribution in [0.2, 0.25) is 0 Å². The van der Waals surface area contributed by atoms with Gasteiger partial charge in [0.25, 0.3) is 11.8 Å². The quantitative estimate of drug-likeness (QED) is 0.518. The summed E-state index contributed by atoms with van der Waals surface area (Å²) in [5.74, 6) is -1.64. The summed E-state index contributed by atoms with van der Waals surface area (Å²) >= 11 is 1.19. The molecule has 0 bridgehead atoms. The molecule has 1 aromatic heterocycles. The van der Waals surface area contributed by atoms with Crippen LogP contribution in [0.25, 0.3) is 0 Å². The monoisotopic (exact) mass is 477 g/mol. The zero-order valence-corrected chi connectivity index (χ0v) is 18.0. The summed E-state index contributed by atoms with van der Waals surface area (Å²) in [7, 11) is 0. The van der Waals surface area contributed by atoms with Crippen molar-refractivity contribution in [3.63, 3.8) is 0 Å². The summed E-state index contributed by atoms with van der Waals surface area (Å²) in [6.45, 7) is 1.42. The molecular weight excluding hydrogens is 458 g/mol. The Morgan fingerprint density at radius 3 is 2.42 bits per heavy atom. The third kappa shape index (κ3) is 4.91. The Morgan fingerprint density at radius 2 is 1.79 bits per heavy atom. The van der Waals surface area contributed by atoms with Crippen molar-refractivity contribution in [2.24, 2.45) is 5.73 Å². The van der Waals surface area contributed by atoms with Gasteiger partial charge in [0.05, 0.1) is 11.1 Å². The van der Waals surface area contributed by atoms with Crippen LogP contribution in [-0.2, 0) is 25.7 Å². The summed E-state index contributed by atoms with van der Waals surface area (Å²) in [5, 5.41) is 2.87. The molecule has 0 fully saturated rings. The molecule has 172 valence electrons. The minimum Gasteiger partial charge on any atom is -0.365 e. The molecule has 5 nitrogen and oxygen atoms in total. The number of nitrogens with one attached hydrogen (secondary N) is 1. The molecule has 2 aromatic carbocycles. The number of carbonyl (C=O) groups excluding carboxylic acids is 2. The zero-order valence-electron chi connectivity index (χ0n) is 17.2. The number of hydrogen-bond acceptors (Lipinski definition) is 4. The first-order valence-electron chi connectivity index (χ1n) is 10.0. The molecule has 0 spiro atoms. The lowest BCUT2D eigenvalue weighted by molar-refractivity contribution is -0.137. The fourth-order valence-corrected chi connectivity index (χ4v) is 5.08. The van der Waals surface area contributed by atoms with Crippen molar-refractivity contribution in [2.75, 3.05) is 11.9 Å². The lowest BCUT2D eigenvalue weighted by Crippen LogP contribution is -2.30. The van der Waals surface area contributed by atoms with Crippen LogP contribution in [0.3, 0.4) is 0 Å². The van der Waals surface area contributed by atoms with E-state index in [-0.39, 0.29) is 21.9 Å². The molecular formula is C23H19F4N3O2S. The number of alkyl halides is 3. The minimum absolute atomic E-state index is 0.0194. The summed E-state index contributed by atoms with van der Waals surface area (Å²) in [5.41, 5.74) is 6.23. The average Bonchev–Trinajstić information content (AvgIpc) is 3.12. The fourth-order valence-electron chi connectivity index (χ4n) is 3.79. The molecule has 10 heteroatoms. The van der Waals surface area contributed by atoms with Gasteiger partial charge >= 0.3 is 6.18 Å². The number of carbonyl (C=O) groups is 2. The van der Waals surface area contributed by atoms with Gasteiger partial charge in [-0.2, -0.15) is 13.2 Å². The maximum Gasteiger partial charge on any atom is 0.416 e. The van der Waals surface area contributed by atoms with Gasteiger partial charge in [0.15, 0.2) is 0 Å². The topological polar surface area (TPSA) is 75.4 Å². The van der Waals surface area contributed by atoms with E-state index in [0.717, 1.165) is 34.7 Å². The van der Waals surface area contributed by atoms with Gasteiger partial charge < -0.3 is 11.1 Å². The highest BCUT2D eigenvalue weighted by molar-refractivity contribution is 7.17. The summed E-state index contributed by atoms with van der Waals surface area (Å²) in [6.07, 6.45) is -4.01. The van der Waals surface area contributed by atoms with E-state index < -0.39 is 23.6 Å². The highest BCUT2D eigenvalue weighted by Crippen LogP contribution is 2.37.